The number of hydrogen-bond donors (Lipinski definition) is 1. The van der Waals surface area contributed by atoms with Gasteiger partial charge in [0.05, 0.1) is 12.1 Å². The monoisotopic (exact) mass is 374 g/mol. The van der Waals surface area contributed by atoms with E-state index in [1.165, 1.54) is 0 Å². The summed E-state index contributed by atoms with van der Waals surface area (Å²) in [5.74, 6) is 1.20. The number of benzene rings is 2. The van der Waals surface area contributed by atoms with E-state index in [0.717, 1.165) is 21.3 Å². The molecule has 2 aromatic rings. The fourth-order valence-corrected chi connectivity index (χ4v) is 2.44. The van der Waals surface area contributed by atoms with Crippen molar-refractivity contribution >= 4 is 27.5 Å². The van der Waals surface area contributed by atoms with E-state index >= 15 is 0 Å². The number of carbonyl (C=O) groups excluding carboxylic acids is 1. The molecule has 5 nitrogen and oxygen atoms in total. The van der Waals surface area contributed by atoms with E-state index in [0.29, 0.717) is 11.5 Å². The first-order chi connectivity index (χ1) is 11.1. The van der Waals surface area contributed by atoms with Crippen LogP contribution >= 0.6 is 15.9 Å². The fraction of sp³-hybridized carbons (Fsp3) is 0.176. The normalized spacial score (nSPS) is 13.0. The summed E-state index contributed by atoms with van der Waals surface area (Å²) in [6.45, 7) is 2.08. The van der Waals surface area contributed by atoms with E-state index in [1.54, 1.807) is 6.07 Å². The van der Waals surface area contributed by atoms with Crippen LogP contribution in [0.3, 0.4) is 0 Å². The molecular weight excluding hydrogens is 360 g/mol. The van der Waals surface area contributed by atoms with Gasteiger partial charge in [-0.3, -0.25) is 4.79 Å². The number of halogens is 1. The summed E-state index contributed by atoms with van der Waals surface area (Å²) < 4.78 is 11.5. The van der Waals surface area contributed by atoms with Gasteiger partial charge in [0.1, 0.15) is 0 Å². The van der Waals surface area contributed by atoms with E-state index in [4.69, 9.17) is 9.47 Å². The number of nitrogens with zero attached hydrogens (tertiary/aromatic N) is 1. The van der Waals surface area contributed by atoms with Gasteiger partial charge in [0, 0.05) is 4.47 Å². The summed E-state index contributed by atoms with van der Waals surface area (Å²) in [6.07, 6.45) is 0.230. The molecule has 0 atom stereocenters. The summed E-state index contributed by atoms with van der Waals surface area (Å²) >= 11 is 3.39. The Kier molecular flexibility index (Phi) is 4.62. The standard InChI is InChI=1S/C17H15BrN2O3/c1-11(13-3-5-14(18)6-4-13)19-20-17(21)9-12-2-7-15-16(8-12)23-10-22-15/h2-8H,9-10H2,1H3,(H,20,21)/b19-11-. The molecule has 3 rings (SSSR count). The molecule has 0 saturated heterocycles. The maximum atomic E-state index is 12.0. The lowest BCUT2D eigenvalue weighted by Gasteiger charge is -2.04. The zero-order valence-electron chi connectivity index (χ0n) is 12.5. The van der Waals surface area contributed by atoms with Crippen molar-refractivity contribution in [3.05, 3.63) is 58.1 Å². The minimum absolute atomic E-state index is 0.180. The average Bonchev–Trinajstić information content (AvgIpc) is 3.01. The Morgan fingerprint density at radius 2 is 1.91 bits per heavy atom. The van der Waals surface area contributed by atoms with E-state index in [2.05, 4.69) is 26.5 Å². The lowest BCUT2D eigenvalue weighted by atomic mass is 10.1. The Hall–Kier alpha value is -2.34. The first kappa shape index (κ1) is 15.6. The maximum Gasteiger partial charge on any atom is 0.244 e. The Bertz CT molecular complexity index is 757. The quantitative estimate of drug-likeness (QED) is 0.659. The molecule has 0 saturated carbocycles. The summed E-state index contributed by atoms with van der Waals surface area (Å²) in [5.41, 5.74) is 5.13. The van der Waals surface area contributed by atoms with Crippen molar-refractivity contribution in [3.63, 3.8) is 0 Å². The third kappa shape index (κ3) is 3.90. The molecule has 1 heterocycles. The molecule has 1 aliphatic rings. The van der Waals surface area contributed by atoms with Gasteiger partial charge in [0.25, 0.3) is 0 Å². The van der Waals surface area contributed by atoms with E-state index in [-0.39, 0.29) is 19.1 Å². The number of carbonyl (C=O) groups is 1. The molecule has 2 aromatic carbocycles. The van der Waals surface area contributed by atoms with Gasteiger partial charge in [0.2, 0.25) is 12.7 Å². The van der Waals surface area contributed by atoms with Crippen LogP contribution in [0.25, 0.3) is 0 Å². The van der Waals surface area contributed by atoms with Crippen LogP contribution in [0.15, 0.2) is 52.0 Å². The number of hydrogen-bond acceptors (Lipinski definition) is 4. The average molecular weight is 375 g/mol. The minimum Gasteiger partial charge on any atom is -0.454 e. The second-order valence-electron chi connectivity index (χ2n) is 5.10. The van der Waals surface area contributed by atoms with Crippen molar-refractivity contribution in [2.24, 2.45) is 5.10 Å². The van der Waals surface area contributed by atoms with Crippen LogP contribution in [0, 0.1) is 0 Å². The lowest BCUT2D eigenvalue weighted by Crippen LogP contribution is -2.21. The minimum atomic E-state index is -0.180. The van der Waals surface area contributed by atoms with Crippen LogP contribution in [-0.2, 0) is 11.2 Å². The first-order valence-electron chi connectivity index (χ1n) is 7.09. The summed E-state index contributed by atoms with van der Waals surface area (Å²) in [7, 11) is 0. The van der Waals surface area contributed by atoms with Gasteiger partial charge in [-0.1, -0.05) is 34.1 Å². The SMILES string of the molecule is C/C(=N/NC(=O)Cc1ccc2c(c1)OCO2)c1ccc(Br)cc1. The summed E-state index contributed by atoms with van der Waals surface area (Å²) in [6, 6.07) is 13.2. The summed E-state index contributed by atoms with van der Waals surface area (Å²) in [4.78, 5) is 12.0. The van der Waals surface area contributed by atoms with Crippen LogP contribution in [0.5, 0.6) is 11.5 Å². The smallest absolute Gasteiger partial charge is 0.244 e. The largest absolute Gasteiger partial charge is 0.454 e. The second-order valence-corrected chi connectivity index (χ2v) is 6.02. The molecule has 1 amide bonds. The van der Waals surface area contributed by atoms with Crippen LogP contribution in [-0.4, -0.2) is 18.4 Å². The van der Waals surface area contributed by atoms with Gasteiger partial charge in [-0.25, -0.2) is 5.43 Å². The molecule has 1 aliphatic heterocycles. The second kappa shape index (κ2) is 6.83. The number of fused-ring (bicyclic) bond motifs is 1. The highest BCUT2D eigenvalue weighted by Crippen LogP contribution is 2.32. The van der Waals surface area contributed by atoms with E-state index in [1.807, 2.05) is 43.3 Å². The predicted molar refractivity (Wildman–Crippen MR) is 90.8 cm³/mol. The molecule has 0 spiro atoms. The maximum absolute atomic E-state index is 12.0. The van der Waals surface area contributed by atoms with Gasteiger partial charge in [-0.05, 0) is 42.3 Å². The molecule has 0 radical (unpaired) electrons. The molecule has 0 fully saturated rings. The molecular formula is C17H15BrN2O3. The number of nitrogens with one attached hydrogen (secondary N) is 1. The number of amides is 1. The van der Waals surface area contributed by atoms with Crippen LogP contribution in [0.4, 0.5) is 0 Å². The van der Waals surface area contributed by atoms with Crippen molar-refractivity contribution in [1.29, 1.82) is 0 Å². The van der Waals surface area contributed by atoms with Crippen LogP contribution in [0.2, 0.25) is 0 Å². The van der Waals surface area contributed by atoms with E-state index < -0.39 is 0 Å². The Labute approximate surface area is 142 Å². The molecule has 6 heteroatoms. The van der Waals surface area contributed by atoms with Crippen LogP contribution < -0.4 is 14.9 Å². The molecule has 0 aromatic heterocycles. The lowest BCUT2D eigenvalue weighted by molar-refractivity contribution is -0.120. The molecule has 0 unspecified atom stereocenters. The molecule has 23 heavy (non-hydrogen) atoms. The zero-order valence-corrected chi connectivity index (χ0v) is 14.1. The van der Waals surface area contributed by atoms with Crippen molar-refractivity contribution in [2.75, 3.05) is 6.79 Å². The van der Waals surface area contributed by atoms with Crippen molar-refractivity contribution in [2.45, 2.75) is 13.3 Å². The van der Waals surface area contributed by atoms with Gasteiger partial charge in [-0.2, -0.15) is 5.10 Å². The highest BCUT2D eigenvalue weighted by Gasteiger charge is 2.14. The molecule has 0 aliphatic carbocycles. The van der Waals surface area contributed by atoms with Gasteiger partial charge in [-0.15, -0.1) is 0 Å². The molecule has 0 bridgehead atoms. The Morgan fingerprint density at radius 3 is 2.70 bits per heavy atom. The van der Waals surface area contributed by atoms with Crippen molar-refractivity contribution in [3.8, 4) is 11.5 Å². The highest BCUT2D eigenvalue weighted by molar-refractivity contribution is 9.10. The topological polar surface area (TPSA) is 59.9 Å². The van der Waals surface area contributed by atoms with Gasteiger partial charge in [0.15, 0.2) is 11.5 Å². The summed E-state index contributed by atoms with van der Waals surface area (Å²) in [5, 5.41) is 4.14. The number of hydrazone groups is 1. The van der Waals surface area contributed by atoms with Crippen LogP contribution in [0.1, 0.15) is 18.1 Å². The fourth-order valence-electron chi connectivity index (χ4n) is 2.18. The molecule has 118 valence electrons. The van der Waals surface area contributed by atoms with Crippen molar-refractivity contribution in [1.82, 2.24) is 5.43 Å². The van der Waals surface area contributed by atoms with Gasteiger partial charge < -0.3 is 9.47 Å². The Balaban J connectivity index is 1.61. The first-order valence-corrected chi connectivity index (χ1v) is 7.89. The highest BCUT2D eigenvalue weighted by atomic mass is 79.9. The molecule has 1 N–H and O–H groups in total. The Morgan fingerprint density at radius 1 is 1.17 bits per heavy atom. The zero-order chi connectivity index (χ0) is 16.2. The third-order valence-corrected chi connectivity index (χ3v) is 3.94. The number of ether oxygens (including phenoxy) is 2. The van der Waals surface area contributed by atoms with E-state index in [9.17, 15) is 4.79 Å². The number of rotatable bonds is 4. The van der Waals surface area contributed by atoms with Crippen molar-refractivity contribution < 1.29 is 14.3 Å². The third-order valence-electron chi connectivity index (χ3n) is 3.41. The van der Waals surface area contributed by atoms with Gasteiger partial charge >= 0.3 is 0 Å². The predicted octanol–water partition coefficient (Wildman–Crippen LogP) is 3.26.